The van der Waals surface area contributed by atoms with Crippen molar-refractivity contribution in [2.45, 2.75) is 32.7 Å². The van der Waals surface area contributed by atoms with Gasteiger partial charge in [0.1, 0.15) is 5.69 Å². The van der Waals surface area contributed by atoms with Crippen molar-refractivity contribution < 1.29 is 9.90 Å². The third-order valence-corrected chi connectivity index (χ3v) is 3.08. The summed E-state index contributed by atoms with van der Waals surface area (Å²) in [7, 11) is 1.82. The number of aromatic carboxylic acids is 1. The molecule has 0 aliphatic rings. The standard InChI is InChI=1S/C12H17N5O2/c1-4-5-8(2)17-11(9-6-13-7-16(9)3)10(12(18)19)14-15-17/h6-8H,4-5H2,1-3H3,(H,18,19). The average Bonchev–Trinajstić information content (AvgIpc) is 2.94. The Kier molecular flexibility index (Phi) is 3.64. The number of carbonyl (C=O) groups is 1. The van der Waals surface area contributed by atoms with Crippen molar-refractivity contribution in [2.75, 3.05) is 0 Å². The Hall–Kier alpha value is -2.18. The summed E-state index contributed by atoms with van der Waals surface area (Å²) in [6, 6.07) is 0.0931. The zero-order valence-electron chi connectivity index (χ0n) is 11.2. The third kappa shape index (κ3) is 2.35. The van der Waals surface area contributed by atoms with E-state index < -0.39 is 5.97 Å². The SMILES string of the molecule is CCCC(C)n1nnc(C(=O)O)c1-c1cncn1C. The van der Waals surface area contributed by atoms with Crippen LogP contribution in [0.5, 0.6) is 0 Å². The van der Waals surface area contributed by atoms with E-state index in [0.29, 0.717) is 11.4 Å². The van der Waals surface area contributed by atoms with Crippen molar-refractivity contribution in [3.8, 4) is 11.4 Å². The summed E-state index contributed by atoms with van der Waals surface area (Å²) >= 11 is 0. The molecule has 0 aliphatic carbocycles. The normalized spacial score (nSPS) is 12.6. The van der Waals surface area contributed by atoms with Crippen LogP contribution < -0.4 is 0 Å². The van der Waals surface area contributed by atoms with Crippen LogP contribution in [-0.4, -0.2) is 35.6 Å². The van der Waals surface area contributed by atoms with Crippen LogP contribution in [0.3, 0.4) is 0 Å². The van der Waals surface area contributed by atoms with Gasteiger partial charge in [-0.2, -0.15) is 0 Å². The molecule has 19 heavy (non-hydrogen) atoms. The molecule has 2 aromatic heterocycles. The summed E-state index contributed by atoms with van der Waals surface area (Å²) in [5, 5.41) is 17.0. The van der Waals surface area contributed by atoms with Crippen LogP contribution in [0.4, 0.5) is 0 Å². The molecule has 7 heteroatoms. The summed E-state index contributed by atoms with van der Waals surface area (Å²) in [5.74, 6) is -1.08. The highest BCUT2D eigenvalue weighted by molar-refractivity contribution is 5.92. The molecule has 0 aromatic carbocycles. The van der Waals surface area contributed by atoms with Gasteiger partial charge in [0.2, 0.25) is 0 Å². The highest BCUT2D eigenvalue weighted by Gasteiger charge is 2.24. The molecule has 2 aromatic rings. The second kappa shape index (κ2) is 5.21. The molecule has 2 heterocycles. The van der Waals surface area contributed by atoms with Crippen LogP contribution in [0.2, 0.25) is 0 Å². The van der Waals surface area contributed by atoms with Gasteiger partial charge < -0.3 is 9.67 Å². The zero-order valence-corrected chi connectivity index (χ0v) is 11.2. The number of carboxylic acids is 1. The minimum absolute atomic E-state index is 0.0356. The van der Waals surface area contributed by atoms with Crippen LogP contribution in [0.25, 0.3) is 11.4 Å². The fourth-order valence-corrected chi connectivity index (χ4v) is 2.11. The fraction of sp³-hybridized carbons (Fsp3) is 0.500. The number of imidazole rings is 1. The lowest BCUT2D eigenvalue weighted by Gasteiger charge is -2.14. The fourth-order valence-electron chi connectivity index (χ4n) is 2.11. The first-order chi connectivity index (χ1) is 9.06. The monoisotopic (exact) mass is 263 g/mol. The van der Waals surface area contributed by atoms with Crippen molar-refractivity contribution in [2.24, 2.45) is 7.05 Å². The lowest BCUT2D eigenvalue weighted by atomic mass is 10.1. The van der Waals surface area contributed by atoms with E-state index in [1.54, 1.807) is 21.8 Å². The van der Waals surface area contributed by atoms with Gasteiger partial charge in [0.05, 0.1) is 24.3 Å². The van der Waals surface area contributed by atoms with Crippen LogP contribution in [0.15, 0.2) is 12.5 Å². The van der Waals surface area contributed by atoms with E-state index in [4.69, 9.17) is 0 Å². The van der Waals surface area contributed by atoms with Gasteiger partial charge in [-0.1, -0.05) is 18.6 Å². The minimum Gasteiger partial charge on any atom is -0.476 e. The Morgan fingerprint density at radius 1 is 1.53 bits per heavy atom. The van der Waals surface area contributed by atoms with Crippen molar-refractivity contribution in [1.29, 1.82) is 0 Å². The van der Waals surface area contributed by atoms with Gasteiger partial charge in [-0.3, -0.25) is 0 Å². The number of carboxylic acid groups (broad SMARTS) is 1. The minimum atomic E-state index is -1.08. The van der Waals surface area contributed by atoms with E-state index in [-0.39, 0.29) is 11.7 Å². The Balaban J connectivity index is 2.58. The Morgan fingerprint density at radius 3 is 2.79 bits per heavy atom. The number of hydrogen-bond acceptors (Lipinski definition) is 4. The number of rotatable bonds is 5. The predicted molar refractivity (Wildman–Crippen MR) is 68.8 cm³/mol. The van der Waals surface area contributed by atoms with Gasteiger partial charge in [0.25, 0.3) is 0 Å². The molecule has 0 fully saturated rings. The Labute approximate surface area is 110 Å². The molecule has 0 saturated heterocycles. The zero-order chi connectivity index (χ0) is 14.0. The first kappa shape index (κ1) is 13.3. The summed E-state index contributed by atoms with van der Waals surface area (Å²) in [6.45, 7) is 4.08. The van der Waals surface area contributed by atoms with Crippen LogP contribution in [0, 0.1) is 0 Å². The maximum absolute atomic E-state index is 11.3. The second-order valence-corrected chi connectivity index (χ2v) is 4.56. The molecule has 1 atom stereocenters. The van der Waals surface area contributed by atoms with Crippen molar-refractivity contribution >= 4 is 5.97 Å². The summed E-state index contributed by atoms with van der Waals surface area (Å²) in [6.07, 6.45) is 5.16. The molecule has 0 spiro atoms. The molecule has 0 bridgehead atoms. The van der Waals surface area contributed by atoms with Crippen molar-refractivity contribution in [1.82, 2.24) is 24.5 Å². The first-order valence-corrected chi connectivity index (χ1v) is 6.21. The predicted octanol–water partition coefficient (Wildman–Crippen LogP) is 1.74. The van der Waals surface area contributed by atoms with Crippen LogP contribution in [-0.2, 0) is 7.05 Å². The van der Waals surface area contributed by atoms with Gasteiger partial charge >= 0.3 is 5.97 Å². The molecule has 102 valence electrons. The number of aryl methyl sites for hydroxylation is 1. The number of aromatic nitrogens is 5. The number of nitrogens with zero attached hydrogens (tertiary/aromatic N) is 5. The molecule has 7 nitrogen and oxygen atoms in total. The lowest BCUT2D eigenvalue weighted by molar-refractivity contribution is 0.0691. The van der Waals surface area contributed by atoms with Gasteiger partial charge in [0.15, 0.2) is 5.69 Å². The Morgan fingerprint density at radius 2 is 2.26 bits per heavy atom. The van der Waals surface area contributed by atoms with Crippen LogP contribution >= 0.6 is 0 Å². The topological polar surface area (TPSA) is 85.8 Å². The highest BCUT2D eigenvalue weighted by atomic mass is 16.4. The van der Waals surface area contributed by atoms with E-state index in [2.05, 4.69) is 22.2 Å². The van der Waals surface area contributed by atoms with E-state index >= 15 is 0 Å². The Bertz CT molecular complexity index is 587. The van der Waals surface area contributed by atoms with Gasteiger partial charge in [-0.15, -0.1) is 5.10 Å². The highest BCUT2D eigenvalue weighted by Crippen LogP contribution is 2.26. The maximum atomic E-state index is 11.3. The summed E-state index contributed by atoms with van der Waals surface area (Å²) in [4.78, 5) is 15.3. The second-order valence-electron chi connectivity index (χ2n) is 4.56. The molecule has 0 saturated carbocycles. The summed E-state index contributed by atoms with van der Waals surface area (Å²) < 4.78 is 3.43. The molecule has 0 radical (unpaired) electrons. The van der Waals surface area contributed by atoms with Crippen molar-refractivity contribution in [3.05, 3.63) is 18.2 Å². The molecule has 0 amide bonds. The molecular weight excluding hydrogens is 246 g/mol. The molecule has 2 rings (SSSR count). The maximum Gasteiger partial charge on any atom is 0.358 e. The average molecular weight is 263 g/mol. The smallest absolute Gasteiger partial charge is 0.358 e. The number of hydrogen-bond donors (Lipinski definition) is 1. The van der Waals surface area contributed by atoms with E-state index in [1.165, 1.54) is 0 Å². The lowest BCUT2D eigenvalue weighted by Crippen LogP contribution is -2.11. The molecule has 1 unspecified atom stereocenters. The molecule has 0 aliphatic heterocycles. The third-order valence-electron chi connectivity index (χ3n) is 3.08. The molecular formula is C12H17N5O2. The van der Waals surface area contributed by atoms with E-state index in [1.807, 2.05) is 14.0 Å². The van der Waals surface area contributed by atoms with E-state index in [9.17, 15) is 9.90 Å². The molecule has 1 N–H and O–H groups in total. The van der Waals surface area contributed by atoms with Crippen LogP contribution in [0.1, 0.15) is 43.2 Å². The van der Waals surface area contributed by atoms with E-state index in [0.717, 1.165) is 12.8 Å². The van der Waals surface area contributed by atoms with Crippen molar-refractivity contribution in [3.63, 3.8) is 0 Å². The first-order valence-electron chi connectivity index (χ1n) is 6.21. The van der Waals surface area contributed by atoms with Gasteiger partial charge in [-0.05, 0) is 13.3 Å². The summed E-state index contributed by atoms with van der Waals surface area (Å²) in [5.41, 5.74) is 1.17. The quantitative estimate of drug-likeness (QED) is 0.888. The largest absolute Gasteiger partial charge is 0.476 e. The van der Waals surface area contributed by atoms with Gasteiger partial charge in [-0.25, -0.2) is 14.5 Å². The van der Waals surface area contributed by atoms with Gasteiger partial charge in [0, 0.05) is 7.05 Å².